The highest BCUT2D eigenvalue weighted by Gasteiger charge is 2.12. The van der Waals surface area contributed by atoms with Crippen molar-refractivity contribution in [3.63, 3.8) is 0 Å². The van der Waals surface area contributed by atoms with E-state index in [0.29, 0.717) is 5.56 Å². The number of rotatable bonds is 5. The molecule has 0 radical (unpaired) electrons. The predicted octanol–water partition coefficient (Wildman–Crippen LogP) is 10.5. The number of fused-ring (bicyclic) bond motifs is 1. The van der Waals surface area contributed by atoms with E-state index in [0.717, 1.165) is 43.0 Å². The third kappa shape index (κ3) is 5.05. The van der Waals surface area contributed by atoms with E-state index in [1.807, 2.05) is 30.3 Å². The summed E-state index contributed by atoms with van der Waals surface area (Å²) in [7, 11) is 0. The maximum absolute atomic E-state index is 9.36. The van der Waals surface area contributed by atoms with Crippen molar-refractivity contribution in [3.05, 3.63) is 151 Å². The van der Waals surface area contributed by atoms with Crippen LogP contribution < -0.4 is 0 Å². The van der Waals surface area contributed by atoms with Crippen LogP contribution in [-0.4, -0.2) is 4.98 Å². The Bertz CT molecular complexity index is 1910. The summed E-state index contributed by atoms with van der Waals surface area (Å²) in [6.07, 6.45) is 0. The van der Waals surface area contributed by atoms with Crippen molar-refractivity contribution < 1.29 is 0 Å². The molecule has 0 aliphatic rings. The van der Waals surface area contributed by atoms with Crippen LogP contribution in [0.15, 0.2) is 146 Å². The summed E-state index contributed by atoms with van der Waals surface area (Å²) in [4.78, 5) is 4.94. The second-order valence-electron chi connectivity index (χ2n) is 10.00. The topological polar surface area (TPSA) is 36.7 Å². The molecule has 0 amide bonds. The molecule has 0 saturated carbocycles. The van der Waals surface area contributed by atoms with Gasteiger partial charge in [0.1, 0.15) is 5.01 Å². The first kappa shape index (κ1) is 24.7. The van der Waals surface area contributed by atoms with Gasteiger partial charge in [0.2, 0.25) is 0 Å². The largest absolute Gasteiger partial charge is 0.236 e. The fraction of sp³-hybridized carbons (Fsp3) is 0. The molecule has 0 spiro atoms. The monoisotopic (exact) mass is 540 g/mol. The first-order valence-corrected chi connectivity index (χ1v) is 14.3. The van der Waals surface area contributed by atoms with Crippen LogP contribution in [0.5, 0.6) is 0 Å². The van der Waals surface area contributed by atoms with E-state index < -0.39 is 0 Å². The van der Waals surface area contributed by atoms with E-state index in [2.05, 4.69) is 121 Å². The normalized spacial score (nSPS) is 10.9. The molecule has 0 bridgehead atoms. The van der Waals surface area contributed by atoms with Gasteiger partial charge in [-0.3, -0.25) is 0 Å². The van der Waals surface area contributed by atoms with Crippen LogP contribution in [-0.2, 0) is 0 Å². The molecule has 6 aromatic carbocycles. The van der Waals surface area contributed by atoms with Crippen LogP contribution in [0, 0.1) is 11.3 Å². The zero-order valence-electron chi connectivity index (χ0n) is 22.2. The molecule has 0 atom stereocenters. The van der Waals surface area contributed by atoms with Gasteiger partial charge in [0.05, 0.1) is 21.8 Å². The van der Waals surface area contributed by atoms with E-state index in [9.17, 15) is 5.26 Å². The molecule has 192 valence electrons. The minimum atomic E-state index is 0.652. The van der Waals surface area contributed by atoms with Crippen molar-refractivity contribution in [2.75, 3.05) is 0 Å². The van der Waals surface area contributed by atoms with Crippen LogP contribution in [0.3, 0.4) is 0 Å². The number of nitriles is 1. The van der Waals surface area contributed by atoms with E-state index in [-0.39, 0.29) is 0 Å². The summed E-state index contributed by atoms with van der Waals surface area (Å²) in [6.45, 7) is 0. The molecule has 7 aromatic rings. The fourth-order valence-electron chi connectivity index (χ4n) is 5.17. The second-order valence-corrected chi connectivity index (χ2v) is 11.0. The Morgan fingerprint density at radius 3 is 1.37 bits per heavy atom. The van der Waals surface area contributed by atoms with Gasteiger partial charge in [-0.25, -0.2) is 4.98 Å². The van der Waals surface area contributed by atoms with Gasteiger partial charge in [0.15, 0.2) is 0 Å². The molecular weight excluding hydrogens is 516 g/mol. The van der Waals surface area contributed by atoms with Crippen molar-refractivity contribution in [1.29, 1.82) is 5.26 Å². The maximum Gasteiger partial charge on any atom is 0.124 e. The van der Waals surface area contributed by atoms with Crippen LogP contribution in [0.4, 0.5) is 0 Å². The Hall–Kier alpha value is -5.30. The Kier molecular flexibility index (Phi) is 6.45. The molecule has 0 aliphatic carbocycles. The van der Waals surface area contributed by atoms with Gasteiger partial charge >= 0.3 is 0 Å². The van der Waals surface area contributed by atoms with Gasteiger partial charge in [0.25, 0.3) is 0 Å². The number of aromatic nitrogens is 1. The van der Waals surface area contributed by atoms with Gasteiger partial charge in [0, 0.05) is 5.56 Å². The highest BCUT2D eigenvalue weighted by Crippen LogP contribution is 2.37. The number of thiazole rings is 1. The van der Waals surface area contributed by atoms with Gasteiger partial charge in [-0.2, -0.15) is 5.26 Å². The molecule has 0 N–H and O–H groups in total. The molecule has 3 heteroatoms. The van der Waals surface area contributed by atoms with Crippen LogP contribution in [0.2, 0.25) is 0 Å². The highest BCUT2D eigenvalue weighted by molar-refractivity contribution is 7.21. The molecule has 0 fully saturated rings. The van der Waals surface area contributed by atoms with Crippen molar-refractivity contribution in [2.45, 2.75) is 0 Å². The van der Waals surface area contributed by atoms with E-state index in [4.69, 9.17) is 4.98 Å². The van der Waals surface area contributed by atoms with Crippen LogP contribution in [0.1, 0.15) is 5.56 Å². The van der Waals surface area contributed by atoms with Gasteiger partial charge in [-0.15, -0.1) is 11.3 Å². The van der Waals surface area contributed by atoms with E-state index in [1.165, 1.54) is 22.3 Å². The lowest BCUT2D eigenvalue weighted by molar-refractivity contribution is 1.46. The summed E-state index contributed by atoms with van der Waals surface area (Å²) in [5.74, 6) is 0. The third-order valence-corrected chi connectivity index (χ3v) is 8.42. The van der Waals surface area contributed by atoms with Crippen LogP contribution in [0.25, 0.3) is 65.3 Å². The SMILES string of the molecule is N#Cc1ccc2nc(-c3cc(-c4ccc(-c5ccccc5)cc4)cc(-c4ccc(-c5ccccc5)cc4)c3)sc2c1. The lowest BCUT2D eigenvalue weighted by Gasteiger charge is -2.11. The fourth-order valence-corrected chi connectivity index (χ4v) is 6.17. The molecule has 7 rings (SSSR count). The zero-order valence-corrected chi connectivity index (χ0v) is 23.0. The quantitative estimate of drug-likeness (QED) is 0.218. The molecular formula is C38H24N2S. The number of hydrogen-bond donors (Lipinski definition) is 0. The molecule has 2 nitrogen and oxygen atoms in total. The summed E-state index contributed by atoms with van der Waals surface area (Å²) in [6, 6.07) is 53.1. The molecule has 41 heavy (non-hydrogen) atoms. The Labute approximate surface area is 243 Å². The van der Waals surface area contributed by atoms with Crippen molar-refractivity contribution in [2.24, 2.45) is 0 Å². The first-order valence-electron chi connectivity index (χ1n) is 13.5. The Morgan fingerprint density at radius 1 is 0.439 bits per heavy atom. The summed E-state index contributed by atoms with van der Waals surface area (Å²) in [5.41, 5.74) is 12.0. The second kappa shape index (κ2) is 10.7. The lowest BCUT2D eigenvalue weighted by atomic mass is 9.94. The molecule has 0 aliphatic heterocycles. The van der Waals surface area contributed by atoms with Crippen molar-refractivity contribution >= 4 is 21.6 Å². The number of nitrogens with zero attached hydrogens (tertiary/aromatic N) is 2. The zero-order chi connectivity index (χ0) is 27.6. The van der Waals surface area contributed by atoms with E-state index in [1.54, 1.807) is 11.3 Å². The Balaban J connectivity index is 1.33. The molecule has 0 unspecified atom stereocenters. The lowest BCUT2D eigenvalue weighted by Crippen LogP contribution is -1.87. The van der Waals surface area contributed by atoms with Gasteiger partial charge in [-0.1, -0.05) is 109 Å². The minimum absolute atomic E-state index is 0.652. The van der Waals surface area contributed by atoms with Crippen molar-refractivity contribution in [1.82, 2.24) is 4.98 Å². The Morgan fingerprint density at radius 2 is 0.878 bits per heavy atom. The average molecular weight is 541 g/mol. The van der Waals surface area contributed by atoms with E-state index >= 15 is 0 Å². The number of hydrogen-bond acceptors (Lipinski definition) is 3. The summed E-state index contributed by atoms with van der Waals surface area (Å²) >= 11 is 1.62. The average Bonchev–Trinajstić information content (AvgIpc) is 3.49. The highest BCUT2D eigenvalue weighted by atomic mass is 32.1. The first-order chi connectivity index (χ1) is 20.2. The van der Waals surface area contributed by atoms with Gasteiger partial charge in [-0.05, 0) is 80.9 Å². The standard InChI is InChI=1S/C38H24N2S/c39-25-26-11-20-36-37(21-26)41-38(40-36)35-23-33(31-16-12-29(13-17-31)27-7-3-1-4-8-27)22-34(24-35)32-18-14-30(15-19-32)28-9-5-2-6-10-28/h1-24H. The predicted molar refractivity (Wildman–Crippen MR) is 172 cm³/mol. The van der Waals surface area contributed by atoms with Gasteiger partial charge < -0.3 is 0 Å². The minimum Gasteiger partial charge on any atom is -0.236 e. The maximum atomic E-state index is 9.36. The molecule has 1 heterocycles. The van der Waals surface area contributed by atoms with Crippen molar-refractivity contribution in [3.8, 4) is 61.1 Å². The smallest absolute Gasteiger partial charge is 0.124 e. The van der Waals surface area contributed by atoms with Crippen LogP contribution >= 0.6 is 11.3 Å². The summed E-state index contributed by atoms with van der Waals surface area (Å²) < 4.78 is 1.02. The third-order valence-electron chi connectivity index (χ3n) is 7.35. The summed E-state index contributed by atoms with van der Waals surface area (Å²) in [5, 5.41) is 10.3. The molecule has 0 saturated heterocycles. The molecule has 1 aromatic heterocycles. The number of benzene rings is 6.